The summed E-state index contributed by atoms with van der Waals surface area (Å²) in [6.45, 7) is 7.68. The SMILES string of the molecule is Cc1cccc(N2CCN(C(=O)c3ccnc(N4CCN(C=O)CC4)n3)CC2)c1. The van der Waals surface area contributed by atoms with Crippen LogP contribution in [-0.4, -0.2) is 84.4 Å². The first-order valence-electron chi connectivity index (χ1n) is 10.0. The molecular weight excluding hydrogens is 368 g/mol. The minimum Gasteiger partial charge on any atom is -0.368 e. The Kier molecular flexibility index (Phi) is 5.59. The Hall–Kier alpha value is -3.16. The largest absolute Gasteiger partial charge is 0.368 e. The number of amides is 2. The fourth-order valence-corrected chi connectivity index (χ4v) is 3.80. The van der Waals surface area contributed by atoms with Crippen molar-refractivity contribution in [2.45, 2.75) is 6.92 Å². The number of hydrogen-bond acceptors (Lipinski definition) is 6. The fourth-order valence-electron chi connectivity index (χ4n) is 3.80. The molecule has 152 valence electrons. The highest BCUT2D eigenvalue weighted by Crippen LogP contribution is 2.19. The first-order chi connectivity index (χ1) is 14.1. The van der Waals surface area contributed by atoms with Gasteiger partial charge < -0.3 is 19.6 Å². The topological polar surface area (TPSA) is 72.9 Å². The van der Waals surface area contributed by atoms with E-state index in [1.807, 2.05) is 9.80 Å². The summed E-state index contributed by atoms with van der Waals surface area (Å²) >= 11 is 0. The molecule has 0 unspecified atom stereocenters. The first kappa shape index (κ1) is 19.2. The van der Waals surface area contributed by atoms with Crippen molar-refractivity contribution in [1.29, 1.82) is 0 Å². The van der Waals surface area contributed by atoms with Gasteiger partial charge in [-0.25, -0.2) is 9.97 Å². The summed E-state index contributed by atoms with van der Waals surface area (Å²) in [6.07, 6.45) is 2.51. The highest BCUT2D eigenvalue weighted by atomic mass is 16.2. The summed E-state index contributed by atoms with van der Waals surface area (Å²) in [4.78, 5) is 40.6. The number of carbonyl (C=O) groups is 2. The van der Waals surface area contributed by atoms with Gasteiger partial charge in [0.25, 0.3) is 5.91 Å². The Morgan fingerprint density at radius 3 is 2.38 bits per heavy atom. The molecular formula is C21H26N6O2. The normalized spacial score (nSPS) is 17.4. The molecule has 29 heavy (non-hydrogen) atoms. The van der Waals surface area contributed by atoms with Crippen LogP contribution in [0.2, 0.25) is 0 Å². The molecule has 2 aliphatic heterocycles. The Morgan fingerprint density at radius 1 is 0.966 bits per heavy atom. The van der Waals surface area contributed by atoms with E-state index >= 15 is 0 Å². The molecule has 8 nitrogen and oxygen atoms in total. The number of anilines is 2. The van der Waals surface area contributed by atoms with Crippen molar-refractivity contribution in [2.24, 2.45) is 0 Å². The maximum absolute atomic E-state index is 13.0. The molecule has 2 aliphatic rings. The summed E-state index contributed by atoms with van der Waals surface area (Å²) in [5, 5.41) is 0. The predicted octanol–water partition coefficient (Wildman–Crippen LogP) is 1.03. The van der Waals surface area contributed by atoms with Crippen molar-refractivity contribution in [3.63, 3.8) is 0 Å². The lowest BCUT2D eigenvalue weighted by Gasteiger charge is -2.36. The van der Waals surface area contributed by atoms with Gasteiger partial charge in [0.05, 0.1) is 0 Å². The molecule has 0 saturated carbocycles. The quantitative estimate of drug-likeness (QED) is 0.721. The molecule has 0 radical (unpaired) electrons. The van der Waals surface area contributed by atoms with Gasteiger partial charge in [-0.2, -0.15) is 0 Å². The second kappa shape index (κ2) is 8.46. The van der Waals surface area contributed by atoms with E-state index in [-0.39, 0.29) is 5.91 Å². The number of piperazine rings is 2. The number of carbonyl (C=O) groups excluding carboxylic acids is 2. The van der Waals surface area contributed by atoms with Crippen LogP contribution in [0, 0.1) is 6.92 Å². The zero-order valence-electron chi connectivity index (χ0n) is 16.7. The molecule has 1 aromatic carbocycles. The average molecular weight is 394 g/mol. The van der Waals surface area contributed by atoms with E-state index in [0.29, 0.717) is 50.9 Å². The average Bonchev–Trinajstić information content (AvgIpc) is 2.79. The summed E-state index contributed by atoms with van der Waals surface area (Å²) in [6, 6.07) is 10.1. The van der Waals surface area contributed by atoms with Gasteiger partial charge in [-0.1, -0.05) is 12.1 Å². The summed E-state index contributed by atoms with van der Waals surface area (Å²) in [5.74, 6) is 0.504. The zero-order chi connectivity index (χ0) is 20.2. The molecule has 0 N–H and O–H groups in total. The lowest BCUT2D eigenvalue weighted by Crippen LogP contribution is -2.49. The molecule has 0 aliphatic carbocycles. The minimum atomic E-state index is -0.0518. The number of aromatic nitrogens is 2. The molecule has 0 spiro atoms. The maximum atomic E-state index is 13.0. The molecule has 4 rings (SSSR count). The zero-order valence-corrected chi connectivity index (χ0v) is 16.7. The van der Waals surface area contributed by atoms with E-state index in [0.717, 1.165) is 19.5 Å². The second-order valence-electron chi connectivity index (χ2n) is 7.49. The number of benzene rings is 1. The third kappa shape index (κ3) is 4.31. The molecule has 3 heterocycles. The highest BCUT2D eigenvalue weighted by molar-refractivity contribution is 5.92. The molecule has 0 atom stereocenters. The van der Waals surface area contributed by atoms with Gasteiger partial charge in [-0.05, 0) is 30.7 Å². The first-order valence-corrected chi connectivity index (χ1v) is 10.0. The summed E-state index contributed by atoms with van der Waals surface area (Å²) < 4.78 is 0. The van der Waals surface area contributed by atoms with Crippen LogP contribution in [0.15, 0.2) is 36.5 Å². The molecule has 0 bridgehead atoms. The van der Waals surface area contributed by atoms with Crippen LogP contribution in [0.3, 0.4) is 0 Å². The van der Waals surface area contributed by atoms with Crippen LogP contribution in [-0.2, 0) is 4.79 Å². The van der Waals surface area contributed by atoms with Crippen LogP contribution < -0.4 is 9.80 Å². The fraction of sp³-hybridized carbons (Fsp3) is 0.429. The minimum absolute atomic E-state index is 0.0518. The van der Waals surface area contributed by atoms with Gasteiger partial charge in [0.2, 0.25) is 12.4 Å². The maximum Gasteiger partial charge on any atom is 0.272 e. The third-order valence-electron chi connectivity index (χ3n) is 5.54. The lowest BCUT2D eigenvalue weighted by molar-refractivity contribution is -0.118. The van der Waals surface area contributed by atoms with Crippen molar-refractivity contribution in [3.8, 4) is 0 Å². The Balaban J connectivity index is 1.38. The summed E-state index contributed by atoms with van der Waals surface area (Å²) in [7, 11) is 0. The number of aryl methyl sites for hydroxylation is 1. The monoisotopic (exact) mass is 394 g/mol. The molecule has 8 heteroatoms. The van der Waals surface area contributed by atoms with E-state index in [2.05, 4.69) is 46.1 Å². The van der Waals surface area contributed by atoms with Crippen LogP contribution in [0.4, 0.5) is 11.6 Å². The Morgan fingerprint density at radius 2 is 1.69 bits per heavy atom. The van der Waals surface area contributed by atoms with Gasteiger partial charge in [-0.15, -0.1) is 0 Å². The Bertz CT molecular complexity index is 873. The highest BCUT2D eigenvalue weighted by Gasteiger charge is 2.25. The molecule has 2 fully saturated rings. The van der Waals surface area contributed by atoms with Crippen LogP contribution in [0.5, 0.6) is 0 Å². The predicted molar refractivity (Wildman–Crippen MR) is 111 cm³/mol. The smallest absolute Gasteiger partial charge is 0.272 e. The van der Waals surface area contributed by atoms with Crippen molar-refractivity contribution < 1.29 is 9.59 Å². The van der Waals surface area contributed by atoms with Crippen LogP contribution >= 0.6 is 0 Å². The van der Waals surface area contributed by atoms with E-state index in [4.69, 9.17) is 0 Å². The lowest BCUT2D eigenvalue weighted by atomic mass is 10.2. The molecule has 2 amide bonds. The Labute approximate surface area is 170 Å². The van der Waals surface area contributed by atoms with Gasteiger partial charge in [0.1, 0.15) is 5.69 Å². The third-order valence-corrected chi connectivity index (χ3v) is 5.54. The van der Waals surface area contributed by atoms with Gasteiger partial charge in [-0.3, -0.25) is 9.59 Å². The van der Waals surface area contributed by atoms with Crippen molar-refractivity contribution in [1.82, 2.24) is 19.8 Å². The van der Waals surface area contributed by atoms with E-state index < -0.39 is 0 Å². The second-order valence-corrected chi connectivity index (χ2v) is 7.49. The van der Waals surface area contributed by atoms with Crippen molar-refractivity contribution in [3.05, 3.63) is 47.8 Å². The van der Waals surface area contributed by atoms with Gasteiger partial charge in [0, 0.05) is 64.2 Å². The number of rotatable bonds is 4. The number of hydrogen-bond donors (Lipinski definition) is 0. The molecule has 2 saturated heterocycles. The van der Waals surface area contributed by atoms with Crippen LogP contribution in [0.25, 0.3) is 0 Å². The van der Waals surface area contributed by atoms with Crippen molar-refractivity contribution in [2.75, 3.05) is 62.2 Å². The van der Waals surface area contributed by atoms with E-state index in [1.54, 1.807) is 17.2 Å². The van der Waals surface area contributed by atoms with Gasteiger partial charge >= 0.3 is 0 Å². The number of nitrogens with zero attached hydrogens (tertiary/aromatic N) is 6. The van der Waals surface area contributed by atoms with Gasteiger partial charge in [0.15, 0.2) is 0 Å². The van der Waals surface area contributed by atoms with E-state index in [1.165, 1.54) is 11.3 Å². The standard InChI is InChI=1S/C21H26N6O2/c1-17-3-2-4-18(15-17)25-11-13-26(14-12-25)20(29)19-5-6-22-21(23-19)27-9-7-24(16-28)8-10-27/h2-6,15-16H,7-14H2,1H3. The molecule has 2 aromatic rings. The summed E-state index contributed by atoms with van der Waals surface area (Å²) in [5.41, 5.74) is 2.87. The van der Waals surface area contributed by atoms with Crippen molar-refractivity contribution >= 4 is 24.0 Å². The molecule has 1 aromatic heterocycles. The van der Waals surface area contributed by atoms with E-state index in [9.17, 15) is 9.59 Å². The van der Waals surface area contributed by atoms with Crippen LogP contribution in [0.1, 0.15) is 16.1 Å².